The van der Waals surface area contributed by atoms with Gasteiger partial charge in [-0.2, -0.15) is 5.10 Å². The standard InChI is InChI=1S/C13H25N3O2S/c1-5-13(6-2)16-8-7-11(15-16)9-12(14-3)10-19(4,17)18/h7-8,12-14H,5-6,9-10H2,1-4H3. The zero-order chi connectivity index (χ0) is 14.5. The fourth-order valence-electron chi connectivity index (χ4n) is 2.21. The van der Waals surface area contributed by atoms with E-state index in [2.05, 4.69) is 24.3 Å². The molecule has 1 aromatic heterocycles. The molecule has 0 spiro atoms. The van der Waals surface area contributed by atoms with Crippen molar-refractivity contribution in [1.82, 2.24) is 15.1 Å². The summed E-state index contributed by atoms with van der Waals surface area (Å²) in [7, 11) is -1.19. The van der Waals surface area contributed by atoms with Gasteiger partial charge in [-0.05, 0) is 26.0 Å². The normalized spacial score (nSPS) is 13.9. The van der Waals surface area contributed by atoms with Gasteiger partial charge < -0.3 is 5.32 Å². The van der Waals surface area contributed by atoms with Gasteiger partial charge in [0.2, 0.25) is 0 Å². The van der Waals surface area contributed by atoms with E-state index in [1.54, 1.807) is 7.05 Å². The molecule has 1 unspecified atom stereocenters. The smallest absolute Gasteiger partial charge is 0.148 e. The van der Waals surface area contributed by atoms with Crippen LogP contribution in [0.2, 0.25) is 0 Å². The third-order valence-corrected chi connectivity index (χ3v) is 4.36. The average Bonchev–Trinajstić information content (AvgIpc) is 2.76. The van der Waals surface area contributed by atoms with Crippen LogP contribution in [0, 0.1) is 0 Å². The lowest BCUT2D eigenvalue weighted by atomic mass is 10.2. The lowest BCUT2D eigenvalue weighted by Crippen LogP contribution is -2.34. The lowest BCUT2D eigenvalue weighted by molar-refractivity contribution is 0.423. The molecule has 0 aromatic carbocycles. The third kappa shape index (κ3) is 5.32. The van der Waals surface area contributed by atoms with Gasteiger partial charge in [-0.1, -0.05) is 13.8 Å². The summed E-state index contributed by atoms with van der Waals surface area (Å²) in [5.41, 5.74) is 0.940. The summed E-state index contributed by atoms with van der Waals surface area (Å²) < 4.78 is 24.7. The van der Waals surface area contributed by atoms with E-state index in [0.29, 0.717) is 12.5 Å². The number of hydrogen-bond donors (Lipinski definition) is 1. The van der Waals surface area contributed by atoms with Crippen LogP contribution >= 0.6 is 0 Å². The van der Waals surface area contributed by atoms with Crippen molar-refractivity contribution in [2.24, 2.45) is 0 Å². The summed E-state index contributed by atoms with van der Waals surface area (Å²) in [4.78, 5) is 0. The zero-order valence-electron chi connectivity index (χ0n) is 12.3. The third-order valence-electron chi connectivity index (χ3n) is 3.35. The summed E-state index contributed by atoms with van der Waals surface area (Å²) in [5, 5.41) is 7.60. The number of hydrogen-bond acceptors (Lipinski definition) is 4. The Morgan fingerprint density at radius 3 is 2.47 bits per heavy atom. The van der Waals surface area contributed by atoms with E-state index < -0.39 is 9.84 Å². The van der Waals surface area contributed by atoms with E-state index in [4.69, 9.17) is 0 Å². The van der Waals surface area contributed by atoms with E-state index in [0.717, 1.165) is 18.5 Å². The molecule has 0 aliphatic rings. The molecule has 0 fully saturated rings. The molecule has 6 heteroatoms. The SMILES string of the molecule is CCC(CC)n1ccc(CC(CS(C)(=O)=O)NC)n1. The van der Waals surface area contributed by atoms with Gasteiger partial charge in [-0.15, -0.1) is 0 Å². The highest BCUT2D eigenvalue weighted by atomic mass is 32.2. The van der Waals surface area contributed by atoms with Crippen molar-refractivity contribution < 1.29 is 8.42 Å². The molecule has 1 aromatic rings. The van der Waals surface area contributed by atoms with Crippen molar-refractivity contribution in [3.63, 3.8) is 0 Å². The fourth-order valence-corrected chi connectivity index (χ4v) is 3.23. The van der Waals surface area contributed by atoms with Crippen molar-refractivity contribution in [2.75, 3.05) is 19.1 Å². The van der Waals surface area contributed by atoms with E-state index in [-0.39, 0.29) is 11.8 Å². The number of nitrogens with one attached hydrogen (secondary N) is 1. The van der Waals surface area contributed by atoms with Crippen molar-refractivity contribution in [2.45, 2.75) is 45.2 Å². The molecule has 0 aliphatic carbocycles. The fraction of sp³-hybridized carbons (Fsp3) is 0.769. The highest BCUT2D eigenvalue weighted by Gasteiger charge is 2.16. The lowest BCUT2D eigenvalue weighted by Gasteiger charge is -2.14. The van der Waals surface area contributed by atoms with Gasteiger partial charge in [0, 0.05) is 24.9 Å². The molecule has 110 valence electrons. The molecule has 0 saturated heterocycles. The van der Waals surface area contributed by atoms with Crippen molar-refractivity contribution in [3.05, 3.63) is 18.0 Å². The summed E-state index contributed by atoms with van der Waals surface area (Å²) in [6, 6.07) is 2.32. The Bertz CT molecular complexity index is 478. The van der Waals surface area contributed by atoms with Crippen LogP contribution in [-0.4, -0.2) is 43.3 Å². The monoisotopic (exact) mass is 287 g/mol. The molecule has 5 nitrogen and oxygen atoms in total. The number of rotatable bonds is 8. The van der Waals surface area contributed by atoms with Crippen molar-refractivity contribution >= 4 is 9.84 Å². The first kappa shape index (κ1) is 16.2. The highest BCUT2D eigenvalue weighted by molar-refractivity contribution is 7.90. The van der Waals surface area contributed by atoms with Gasteiger partial charge in [0.15, 0.2) is 0 Å². The minimum absolute atomic E-state index is 0.0833. The van der Waals surface area contributed by atoms with E-state index >= 15 is 0 Å². The summed E-state index contributed by atoms with van der Waals surface area (Å²) in [6.45, 7) is 4.30. The Morgan fingerprint density at radius 2 is 2.00 bits per heavy atom. The average molecular weight is 287 g/mol. The maximum atomic E-state index is 11.3. The van der Waals surface area contributed by atoms with E-state index in [1.165, 1.54) is 6.26 Å². The minimum atomic E-state index is -2.97. The second-order valence-corrected chi connectivity index (χ2v) is 7.22. The first-order valence-electron chi connectivity index (χ1n) is 6.78. The van der Waals surface area contributed by atoms with Crippen molar-refractivity contribution in [3.8, 4) is 0 Å². The Kier molecular flexibility index (Phi) is 6.00. The Hall–Kier alpha value is -0.880. The topological polar surface area (TPSA) is 64.0 Å². The summed E-state index contributed by atoms with van der Waals surface area (Å²) in [6.07, 6.45) is 5.99. The zero-order valence-corrected chi connectivity index (χ0v) is 13.1. The second kappa shape index (κ2) is 7.05. The van der Waals surface area contributed by atoms with Crippen LogP contribution in [0.5, 0.6) is 0 Å². The predicted molar refractivity (Wildman–Crippen MR) is 78.1 cm³/mol. The first-order valence-corrected chi connectivity index (χ1v) is 8.84. The van der Waals surface area contributed by atoms with Crippen LogP contribution in [0.1, 0.15) is 38.4 Å². The van der Waals surface area contributed by atoms with Crippen LogP contribution < -0.4 is 5.32 Å². The molecule has 1 atom stereocenters. The first-order chi connectivity index (χ1) is 8.89. The molecular weight excluding hydrogens is 262 g/mol. The molecule has 0 bridgehead atoms. The molecule has 0 amide bonds. The van der Waals surface area contributed by atoms with Crippen LogP contribution in [0.4, 0.5) is 0 Å². The highest BCUT2D eigenvalue weighted by Crippen LogP contribution is 2.15. The molecular formula is C13H25N3O2S. The molecule has 1 rings (SSSR count). The summed E-state index contributed by atoms with van der Waals surface area (Å²) >= 11 is 0. The Morgan fingerprint density at radius 1 is 1.37 bits per heavy atom. The van der Waals surface area contributed by atoms with Gasteiger partial charge >= 0.3 is 0 Å². The van der Waals surface area contributed by atoms with Gasteiger partial charge in [-0.3, -0.25) is 4.68 Å². The van der Waals surface area contributed by atoms with Crippen LogP contribution in [0.15, 0.2) is 12.3 Å². The Balaban J connectivity index is 2.71. The van der Waals surface area contributed by atoms with Crippen LogP contribution in [-0.2, 0) is 16.3 Å². The second-order valence-electron chi connectivity index (χ2n) is 5.04. The number of likely N-dealkylation sites (N-methyl/N-ethyl adjacent to an activating group) is 1. The van der Waals surface area contributed by atoms with E-state index in [9.17, 15) is 8.42 Å². The number of aromatic nitrogens is 2. The molecule has 1 heterocycles. The van der Waals surface area contributed by atoms with Gasteiger partial charge in [0.25, 0.3) is 0 Å². The molecule has 1 N–H and O–H groups in total. The van der Waals surface area contributed by atoms with Crippen LogP contribution in [0.3, 0.4) is 0 Å². The number of nitrogens with zero attached hydrogens (tertiary/aromatic N) is 2. The molecule has 0 aliphatic heterocycles. The maximum absolute atomic E-state index is 11.3. The largest absolute Gasteiger partial charge is 0.316 e. The van der Waals surface area contributed by atoms with Gasteiger partial charge in [0.05, 0.1) is 17.5 Å². The molecule has 19 heavy (non-hydrogen) atoms. The molecule has 0 saturated carbocycles. The number of sulfone groups is 1. The van der Waals surface area contributed by atoms with Gasteiger partial charge in [-0.25, -0.2) is 8.42 Å². The molecule has 0 radical (unpaired) electrons. The predicted octanol–water partition coefficient (Wildman–Crippen LogP) is 1.42. The summed E-state index contributed by atoms with van der Waals surface area (Å²) in [5.74, 6) is 0.140. The van der Waals surface area contributed by atoms with E-state index in [1.807, 2.05) is 16.9 Å². The van der Waals surface area contributed by atoms with Gasteiger partial charge in [0.1, 0.15) is 9.84 Å². The minimum Gasteiger partial charge on any atom is -0.316 e. The quantitative estimate of drug-likeness (QED) is 0.785. The van der Waals surface area contributed by atoms with Crippen molar-refractivity contribution in [1.29, 1.82) is 0 Å². The van der Waals surface area contributed by atoms with Crippen LogP contribution in [0.25, 0.3) is 0 Å². The maximum Gasteiger partial charge on any atom is 0.148 e. The Labute approximate surface area is 116 Å².